The summed E-state index contributed by atoms with van der Waals surface area (Å²) in [7, 11) is 0. The molecule has 146 valence electrons. The Bertz CT molecular complexity index is 1040. The molecule has 28 heavy (non-hydrogen) atoms. The molecule has 4 rings (SSSR count). The highest BCUT2D eigenvalue weighted by Crippen LogP contribution is 2.27. The van der Waals surface area contributed by atoms with Gasteiger partial charge >= 0.3 is 0 Å². The lowest BCUT2D eigenvalue weighted by molar-refractivity contribution is -0.116. The van der Waals surface area contributed by atoms with Crippen molar-refractivity contribution < 1.29 is 4.79 Å². The first-order valence-corrected chi connectivity index (χ1v) is 11.2. The van der Waals surface area contributed by atoms with Gasteiger partial charge in [0.2, 0.25) is 5.91 Å². The Kier molecular flexibility index (Phi) is 5.63. The maximum atomic E-state index is 12.8. The van der Waals surface area contributed by atoms with E-state index in [0.717, 1.165) is 36.1 Å². The van der Waals surface area contributed by atoms with Crippen LogP contribution in [0, 0.1) is 0 Å². The minimum atomic E-state index is -0.259. The second-order valence-corrected chi connectivity index (χ2v) is 8.73. The Morgan fingerprint density at radius 2 is 1.96 bits per heavy atom. The first-order valence-electron chi connectivity index (χ1n) is 9.21. The summed E-state index contributed by atoms with van der Waals surface area (Å²) in [4.78, 5) is 36.1. The molecule has 3 aromatic rings. The number of nitrogens with one attached hydrogen (secondary N) is 1. The van der Waals surface area contributed by atoms with Crippen LogP contribution in [-0.2, 0) is 17.8 Å². The third-order valence-electron chi connectivity index (χ3n) is 4.61. The zero-order valence-electron chi connectivity index (χ0n) is 15.6. The lowest BCUT2D eigenvalue weighted by Gasteiger charge is -2.25. The molecule has 0 atom stereocenters. The topological polar surface area (TPSA) is 80.1 Å². The number of hydrogen-bond acceptors (Lipinski definition) is 7. The van der Waals surface area contributed by atoms with Crippen LogP contribution in [0.25, 0.3) is 10.3 Å². The molecule has 1 aliphatic heterocycles. The minimum Gasteiger partial charge on any atom is -0.346 e. The number of carbonyl (C=O) groups is 1. The zero-order valence-corrected chi connectivity index (χ0v) is 17.2. The Balaban J connectivity index is 1.50. The van der Waals surface area contributed by atoms with E-state index in [0.29, 0.717) is 16.0 Å². The smallest absolute Gasteiger partial charge is 0.273 e. The summed E-state index contributed by atoms with van der Waals surface area (Å²) in [6, 6.07) is 7.70. The highest BCUT2D eigenvalue weighted by Gasteiger charge is 2.18. The zero-order chi connectivity index (χ0) is 19.5. The number of benzene rings is 1. The van der Waals surface area contributed by atoms with Crippen LogP contribution < -0.4 is 15.8 Å². The second kappa shape index (κ2) is 8.32. The molecular weight excluding hydrogens is 394 g/mol. The second-order valence-electron chi connectivity index (χ2n) is 6.52. The van der Waals surface area contributed by atoms with Gasteiger partial charge < -0.3 is 10.2 Å². The van der Waals surface area contributed by atoms with Gasteiger partial charge in [0.15, 0.2) is 10.8 Å². The first kappa shape index (κ1) is 18.9. The lowest BCUT2D eigenvalue weighted by Crippen LogP contribution is -2.32. The number of rotatable bonds is 5. The van der Waals surface area contributed by atoms with Gasteiger partial charge in [-0.2, -0.15) is 16.7 Å². The van der Waals surface area contributed by atoms with E-state index in [-0.39, 0.29) is 18.0 Å². The number of thioether (sulfide) groups is 1. The predicted octanol–water partition coefficient (Wildman–Crippen LogP) is 2.61. The maximum Gasteiger partial charge on any atom is 0.273 e. The fourth-order valence-electron chi connectivity index (χ4n) is 3.02. The van der Waals surface area contributed by atoms with Crippen molar-refractivity contribution in [1.82, 2.24) is 14.5 Å². The van der Waals surface area contributed by atoms with E-state index in [1.165, 1.54) is 27.8 Å². The van der Waals surface area contributed by atoms with Gasteiger partial charge in [0.1, 0.15) is 17.6 Å². The number of aromatic nitrogens is 3. The molecule has 1 aromatic carbocycles. The predicted molar refractivity (Wildman–Crippen MR) is 116 cm³/mol. The molecule has 0 saturated carbocycles. The fourth-order valence-corrected chi connectivity index (χ4v) is 4.94. The van der Waals surface area contributed by atoms with E-state index in [4.69, 9.17) is 0 Å². The SMILES string of the molecule is CCc1ccc(NC(=O)Cn2cnc3nc(N4CCSCC4)sc3c2=O)cc1. The molecule has 0 bridgehead atoms. The average molecular weight is 416 g/mol. The highest BCUT2D eigenvalue weighted by molar-refractivity contribution is 7.99. The normalized spacial score (nSPS) is 14.4. The summed E-state index contributed by atoms with van der Waals surface area (Å²) in [5.41, 5.74) is 2.15. The number of hydrogen-bond donors (Lipinski definition) is 1. The van der Waals surface area contributed by atoms with E-state index >= 15 is 0 Å². The van der Waals surface area contributed by atoms with E-state index < -0.39 is 0 Å². The molecule has 7 nitrogen and oxygen atoms in total. The molecule has 0 radical (unpaired) electrons. The summed E-state index contributed by atoms with van der Waals surface area (Å²) in [5.74, 6) is 1.87. The molecule has 1 N–H and O–H groups in total. The molecule has 3 heterocycles. The number of aryl methyl sites for hydroxylation is 1. The monoisotopic (exact) mass is 415 g/mol. The lowest BCUT2D eigenvalue weighted by atomic mass is 10.1. The van der Waals surface area contributed by atoms with Gasteiger partial charge in [-0.1, -0.05) is 30.4 Å². The van der Waals surface area contributed by atoms with Crippen LogP contribution in [0.4, 0.5) is 10.8 Å². The van der Waals surface area contributed by atoms with Gasteiger partial charge in [0.05, 0.1) is 0 Å². The van der Waals surface area contributed by atoms with Crippen molar-refractivity contribution in [2.45, 2.75) is 19.9 Å². The van der Waals surface area contributed by atoms with Gasteiger partial charge in [-0.15, -0.1) is 0 Å². The van der Waals surface area contributed by atoms with Crippen molar-refractivity contribution in [2.75, 3.05) is 34.8 Å². The van der Waals surface area contributed by atoms with Crippen molar-refractivity contribution in [3.8, 4) is 0 Å². The van der Waals surface area contributed by atoms with Crippen molar-refractivity contribution in [2.24, 2.45) is 0 Å². The fraction of sp³-hybridized carbons (Fsp3) is 0.368. The van der Waals surface area contributed by atoms with Crippen LogP contribution >= 0.6 is 23.1 Å². The Morgan fingerprint density at radius 1 is 1.21 bits per heavy atom. The minimum absolute atomic E-state index is 0.0785. The average Bonchev–Trinajstić information content (AvgIpc) is 3.17. The van der Waals surface area contributed by atoms with E-state index in [1.54, 1.807) is 0 Å². The van der Waals surface area contributed by atoms with Crippen LogP contribution in [-0.4, -0.2) is 45.0 Å². The van der Waals surface area contributed by atoms with E-state index in [2.05, 4.69) is 27.1 Å². The molecule has 0 unspecified atom stereocenters. The van der Waals surface area contributed by atoms with Crippen LogP contribution in [0.15, 0.2) is 35.4 Å². The first-order chi connectivity index (χ1) is 13.6. The molecule has 1 saturated heterocycles. The third kappa shape index (κ3) is 4.05. The molecular formula is C19H21N5O2S2. The van der Waals surface area contributed by atoms with E-state index in [1.807, 2.05) is 36.0 Å². The molecule has 1 aliphatic rings. The number of nitrogens with zero attached hydrogens (tertiary/aromatic N) is 4. The van der Waals surface area contributed by atoms with Crippen molar-refractivity contribution in [3.63, 3.8) is 0 Å². The van der Waals surface area contributed by atoms with Crippen molar-refractivity contribution in [1.29, 1.82) is 0 Å². The molecule has 0 spiro atoms. The number of anilines is 2. The van der Waals surface area contributed by atoms with Gasteiger partial charge in [0, 0.05) is 30.3 Å². The van der Waals surface area contributed by atoms with Crippen LogP contribution in [0.3, 0.4) is 0 Å². The largest absolute Gasteiger partial charge is 0.346 e. The summed E-state index contributed by atoms with van der Waals surface area (Å²) in [6.07, 6.45) is 2.35. The number of carbonyl (C=O) groups excluding carboxylic acids is 1. The quantitative estimate of drug-likeness (QED) is 0.690. The van der Waals surface area contributed by atoms with Crippen molar-refractivity contribution in [3.05, 3.63) is 46.5 Å². The summed E-state index contributed by atoms with van der Waals surface area (Å²) < 4.78 is 1.84. The van der Waals surface area contributed by atoms with Gasteiger partial charge in [0.25, 0.3) is 5.56 Å². The van der Waals surface area contributed by atoms with Gasteiger partial charge in [-0.3, -0.25) is 14.2 Å². The summed E-state index contributed by atoms with van der Waals surface area (Å²) >= 11 is 3.28. The third-order valence-corrected chi connectivity index (χ3v) is 6.65. The highest BCUT2D eigenvalue weighted by atomic mass is 32.2. The maximum absolute atomic E-state index is 12.8. The van der Waals surface area contributed by atoms with Crippen molar-refractivity contribution >= 4 is 50.2 Å². The molecule has 0 aliphatic carbocycles. The molecule has 1 amide bonds. The molecule has 2 aromatic heterocycles. The van der Waals surface area contributed by atoms with Crippen LogP contribution in [0.2, 0.25) is 0 Å². The standard InChI is InChI=1S/C19H21N5O2S2/c1-2-13-3-5-14(6-4-13)21-15(25)11-24-12-20-17-16(18(24)26)28-19(22-17)23-7-9-27-10-8-23/h3-6,12H,2,7-11H2,1H3,(H,21,25). The number of thiazole rings is 1. The Labute approximate surface area is 170 Å². The number of amides is 1. The molecule has 9 heteroatoms. The van der Waals surface area contributed by atoms with Crippen LogP contribution in [0.1, 0.15) is 12.5 Å². The molecule has 1 fully saturated rings. The summed E-state index contributed by atoms with van der Waals surface area (Å²) in [6.45, 7) is 3.86. The summed E-state index contributed by atoms with van der Waals surface area (Å²) in [5, 5.41) is 3.66. The van der Waals surface area contributed by atoms with Crippen LogP contribution in [0.5, 0.6) is 0 Å². The van der Waals surface area contributed by atoms with E-state index in [9.17, 15) is 9.59 Å². The Hall–Kier alpha value is -2.39. The van der Waals surface area contributed by atoms with Gasteiger partial charge in [-0.05, 0) is 24.1 Å². The Morgan fingerprint density at radius 3 is 2.68 bits per heavy atom. The number of fused-ring (bicyclic) bond motifs is 1. The van der Waals surface area contributed by atoms with Gasteiger partial charge in [-0.25, -0.2) is 4.98 Å².